The van der Waals surface area contributed by atoms with Crippen LogP contribution in [0, 0.1) is 0 Å². The molecule has 2 rings (SSSR count). The Kier molecular flexibility index (Phi) is 4.37. The molecule has 1 amide bonds. The lowest BCUT2D eigenvalue weighted by molar-refractivity contribution is -0.119. The first kappa shape index (κ1) is 13.8. The second kappa shape index (κ2) is 6.02. The first-order valence-electron chi connectivity index (χ1n) is 6.83. The maximum Gasteiger partial charge on any atom is 0.217 e. The fourth-order valence-corrected chi connectivity index (χ4v) is 2.41. The van der Waals surface area contributed by atoms with E-state index in [0.717, 1.165) is 37.3 Å². The molecule has 104 valence electrons. The van der Waals surface area contributed by atoms with Gasteiger partial charge in [-0.15, -0.1) is 0 Å². The Morgan fingerprint density at radius 2 is 2.42 bits per heavy atom. The smallest absolute Gasteiger partial charge is 0.217 e. The molecule has 1 aromatic rings. The van der Waals surface area contributed by atoms with Crippen molar-refractivity contribution in [1.82, 2.24) is 10.3 Å². The van der Waals surface area contributed by atoms with E-state index in [2.05, 4.69) is 28.2 Å². The van der Waals surface area contributed by atoms with Gasteiger partial charge in [-0.3, -0.25) is 9.78 Å². The zero-order valence-electron chi connectivity index (χ0n) is 11.6. The number of nitrogens with one attached hydrogen (secondary N) is 1. The van der Waals surface area contributed by atoms with Crippen LogP contribution in [0.3, 0.4) is 0 Å². The SMILES string of the molecule is CC[C@H](N)c1ccc(N2CCC(NC(C)=O)C2)cn1. The number of anilines is 1. The summed E-state index contributed by atoms with van der Waals surface area (Å²) in [5.41, 5.74) is 7.98. The van der Waals surface area contributed by atoms with Crippen LogP contribution in [0.1, 0.15) is 38.4 Å². The van der Waals surface area contributed by atoms with Gasteiger partial charge in [0.05, 0.1) is 17.6 Å². The summed E-state index contributed by atoms with van der Waals surface area (Å²) in [6.07, 6.45) is 3.75. The molecular weight excluding hydrogens is 240 g/mol. The number of nitrogens with two attached hydrogens (primary N) is 1. The largest absolute Gasteiger partial charge is 0.368 e. The maximum atomic E-state index is 11.0. The molecule has 0 saturated carbocycles. The van der Waals surface area contributed by atoms with Crippen molar-refractivity contribution in [3.8, 4) is 0 Å². The molecule has 0 bridgehead atoms. The monoisotopic (exact) mass is 262 g/mol. The van der Waals surface area contributed by atoms with Gasteiger partial charge in [0.1, 0.15) is 0 Å². The van der Waals surface area contributed by atoms with Crippen molar-refractivity contribution in [3.63, 3.8) is 0 Å². The van der Waals surface area contributed by atoms with Gasteiger partial charge in [0.2, 0.25) is 5.91 Å². The van der Waals surface area contributed by atoms with Crippen molar-refractivity contribution >= 4 is 11.6 Å². The predicted molar refractivity (Wildman–Crippen MR) is 75.9 cm³/mol. The molecule has 0 aliphatic carbocycles. The number of hydrogen-bond acceptors (Lipinski definition) is 4. The van der Waals surface area contributed by atoms with Gasteiger partial charge in [0.25, 0.3) is 0 Å². The van der Waals surface area contributed by atoms with Crippen molar-refractivity contribution in [1.29, 1.82) is 0 Å². The van der Waals surface area contributed by atoms with Crippen LogP contribution in [-0.4, -0.2) is 30.0 Å². The molecule has 1 aromatic heterocycles. The number of hydrogen-bond donors (Lipinski definition) is 2. The average molecular weight is 262 g/mol. The van der Waals surface area contributed by atoms with Crippen LogP contribution in [0.15, 0.2) is 18.3 Å². The summed E-state index contributed by atoms with van der Waals surface area (Å²) >= 11 is 0. The van der Waals surface area contributed by atoms with Gasteiger partial charge in [0, 0.05) is 32.1 Å². The molecule has 2 atom stereocenters. The lowest BCUT2D eigenvalue weighted by Crippen LogP contribution is -2.35. The molecule has 0 aromatic carbocycles. The van der Waals surface area contributed by atoms with Crippen molar-refractivity contribution < 1.29 is 4.79 Å². The third-order valence-corrected chi connectivity index (χ3v) is 3.55. The standard InChI is InChI=1S/C14H22N4O/c1-3-13(15)14-5-4-12(8-16-14)18-7-6-11(9-18)17-10(2)19/h4-5,8,11,13H,3,6-7,9,15H2,1-2H3,(H,17,19)/t11?,13-/m0/s1. The summed E-state index contributed by atoms with van der Waals surface area (Å²) in [4.78, 5) is 17.7. The Bertz CT molecular complexity index is 432. The number of carbonyl (C=O) groups is 1. The van der Waals surface area contributed by atoms with Gasteiger partial charge in [-0.25, -0.2) is 0 Å². The third-order valence-electron chi connectivity index (χ3n) is 3.55. The van der Waals surface area contributed by atoms with Gasteiger partial charge < -0.3 is 16.0 Å². The summed E-state index contributed by atoms with van der Waals surface area (Å²) in [5, 5.41) is 2.96. The van der Waals surface area contributed by atoms with Gasteiger partial charge >= 0.3 is 0 Å². The number of nitrogens with zero attached hydrogens (tertiary/aromatic N) is 2. The minimum absolute atomic E-state index is 0.0137. The summed E-state index contributed by atoms with van der Waals surface area (Å²) in [6.45, 7) is 5.41. The van der Waals surface area contributed by atoms with E-state index in [4.69, 9.17) is 5.73 Å². The molecule has 1 unspecified atom stereocenters. The molecule has 0 radical (unpaired) electrons. The van der Waals surface area contributed by atoms with E-state index < -0.39 is 0 Å². The van der Waals surface area contributed by atoms with E-state index in [1.165, 1.54) is 0 Å². The first-order valence-corrected chi connectivity index (χ1v) is 6.83. The highest BCUT2D eigenvalue weighted by Crippen LogP contribution is 2.21. The average Bonchev–Trinajstić information content (AvgIpc) is 2.85. The molecule has 1 saturated heterocycles. The topological polar surface area (TPSA) is 71.2 Å². The summed E-state index contributed by atoms with van der Waals surface area (Å²) in [7, 11) is 0. The highest BCUT2D eigenvalue weighted by atomic mass is 16.1. The number of amides is 1. The lowest BCUT2D eigenvalue weighted by Gasteiger charge is -2.19. The van der Waals surface area contributed by atoms with Crippen molar-refractivity contribution in [2.75, 3.05) is 18.0 Å². The Labute approximate surface area is 114 Å². The highest BCUT2D eigenvalue weighted by Gasteiger charge is 2.23. The van der Waals surface area contributed by atoms with Crippen LogP contribution in [0.4, 0.5) is 5.69 Å². The van der Waals surface area contributed by atoms with Gasteiger partial charge in [-0.2, -0.15) is 0 Å². The zero-order chi connectivity index (χ0) is 13.8. The molecule has 0 spiro atoms. The maximum absolute atomic E-state index is 11.0. The normalized spacial score (nSPS) is 20.4. The van der Waals surface area contributed by atoms with E-state index in [1.54, 1.807) is 6.92 Å². The van der Waals surface area contributed by atoms with Crippen molar-refractivity contribution in [2.24, 2.45) is 5.73 Å². The van der Waals surface area contributed by atoms with Crippen molar-refractivity contribution in [2.45, 2.75) is 38.8 Å². The van der Waals surface area contributed by atoms with Crippen LogP contribution in [0.5, 0.6) is 0 Å². The van der Waals surface area contributed by atoms with Crippen LogP contribution in [0.25, 0.3) is 0 Å². The Hall–Kier alpha value is -1.62. The summed E-state index contributed by atoms with van der Waals surface area (Å²) < 4.78 is 0. The Balaban J connectivity index is 1.98. The molecule has 1 aliphatic heterocycles. The zero-order valence-corrected chi connectivity index (χ0v) is 11.6. The van der Waals surface area contributed by atoms with Gasteiger partial charge in [-0.1, -0.05) is 6.92 Å². The van der Waals surface area contributed by atoms with Crippen LogP contribution >= 0.6 is 0 Å². The second-order valence-corrected chi connectivity index (χ2v) is 5.09. The quantitative estimate of drug-likeness (QED) is 0.855. The van der Waals surface area contributed by atoms with E-state index >= 15 is 0 Å². The molecule has 3 N–H and O–H groups in total. The number of carbonyl (C=O) groups excluding carboxylic acids is 1. The van der Waals surface area contributed by atoms with Gasteiger partial charge in [-0.05, 0) is 25.0 Å². The molecular formula is C14H22N4O. The molecule has 1 fully saturated rings. The van der Waals surface area contributed by atoms with Crippen LogP contribution in [0.2, 0.25) is 0 Å². The fraction of sp³-hybridized carbons (Fsp3) is 0.571. The fourth-order valence-electron chi connectivity index (χ4n) is 2.41. The minimum Gasteiger partial charge on any atom is -0.368 e. The molecule has 5 heteroatoms. The van der Waals surface area contributed by atoms with E-state index in [-0.39, 0.29) is 18.0 Å². The van der Waals surface area contributed by atoms with E-state index in [1.807, 2.05) is 12.3 Å². The third kappa shape index (κ3) is 3.44. The Morgan fingerprint density at radius 3 is 3.00 bits per heavy atom. The molecule has 1 aliphatic rings. The minimum atomic E-state index is 0.0137. The van der Waals surface area contributed by atoms with Crippen LogP contribution < -0.4 is 16.0 Å². The first-order chi connectivity index (χ1) is 9.10. The molecule has 19 heavy (non-hydrogen) atoms. The predicted octanol–water partition coefficient (Wildman–Crippen LogP) is 1.21. The van der Waals surface area contributed by atoms with E-state index in [0.29, 0.717) is 0 Å². The number of pyridine rings is 1. The number of rotatable bonds is 4. The van der Waals surface area contributed by atoms with Crippen molar-refractivity contribution in [3.05, 3.63) is 24.0 Å². The summed E-state index contributed by atoms with van der Waals surface area (Å²) in [5.74, 6) is 0.0363. The molecule has 5 nitrogen and oxygen atoms in total. The molecule has 2 heterocycles. The highest BCUT2D eigenvalue weighted by molar-refractivity contribution is 5.73. The van der Waals surface area contributed by atoms with E-state index in [9.17, 15) is 4.79 Å². The second-order valence-electron chi connectivity index (χ2n) is 5.09. The van der Waals surface area contributed by atoms with Gasteiger partial charge in [0.15, 0.2) is 0 Å². The lowest BCUT2D eigenvalue weighted by atomic mass is 10.1. The summed E-state index contributed by atoms with van der Waals surface area (Å²) in [6, 6.07) is 4.32. The van der Waals surface area contributed by atoms with Crippen LogP contribution in [-0.2, 0) is 4.79 Å². The number of aromatic nitrogens is 1. The Morgan fingerprint density at radius 1 is 1.63 bits per heavy atom.